The third-order valence-electron chi connectivity index (χ3n) is 4.05. The molecule has 0 atom stereocenters. The van der Waals surface area contributed by atoms with E-state index in [4.69, 9.17) is 9.26 Å². The SMILES string of the molecule is COc1ccccc1-c1noc(CCC(=O)Nc2ccc(N(C)C)cc2)n1. The van der Waals surface area contributed by atoms with Crippen LogP contribution < -0.4 is 15.0 Å². The summed E-state index contributed by atoms with van der Waals surface area (Å²) in [5, 5.41) is 6.85. The minimum Gasteiger partial charge on any atom is -0.496 e. The van der Waals surface area contributed by atoms with E-state index in [0.29, 0.717) is 23.9 Å². The molecular weight excluding hydrogens is 344 g/mol. The maximum Gasteiger partial charge on any atom is 0.227 e. The third-order valence-corrected chi connectivity index (χ3v) is 4.05. The maximum absolute atomic E-state index is 12.2. The number of nitrogens with zero attached hydrogens (tertiary/aromatic N) is 3. The number of benzene rings is 2. The van der Waals surface area contributed by atoms with Crippen molar-refractivity contribution in [3.05, 3.63) is 54.4 Å². The first-order valence-corrected chi connectivity index (χ1v) is 8.60. The van der Waals surface area contributed by atoms with Gasteiger partial charge in [-0.3, -0.25) is 4.79 Å². The van der Waals surface area contributed by atoms with Crippen molar-refractivity contribution in [3.63, 3.8) is 0 Å². The van der Waals surface area contributed by atoms with Gasteiger partial charge in [0.1, 0.15) is 5.75 Å². The molecule has 140 valence electrons. The van der Waals surface area contributed by atoms with Crippen molar-refractivity contribution in [1.29, 1.82) is 0 Å². The predicted molar refractivity (Wildman–Crippen MR) is 104 cm³/mol. The molecule has 0 aliphatic carbocycles. The molecule has 1 N–H and O–H groups in total. The van der Waals surface area contributed by atoms with Crippen LogP contribution in [0.15, 0.2) is 53.1 Å². The number of hydrogen-bond acceptors (Lipinski definition) is 6. The lowest BCUT2D eigenvalue weighted by Crippen LogP contribution is -2.13. The molecule has 0 aliphatic heterocycles. The molecule has 0 saturated heterocycles. The number of methoxy groups -OCH3 is 1. The van der Waals surface area contributed by atoms with Crippen molar-refractivity contribution in [2.45, 2.75) is 12.8 Å². The summed E-state index contributed by atoms with van der Waals surface area (Å²) >= 11 is 0. The first kappa shape index (κ1) is 18.4. The second-order valence-electron chi connectivity index (χ2n) is 6.20. The van der Waals surface area contributed by atoms with Crippen LogP contribution in [-0.2, 0) is 11.2 Å². The standard InChI is InChI=1S/C20H22N4O3/c1-24(2)15-10-8-14(9-11-15)21-18(25)12-13-19-22-20(23-27-19)16-6-4-5-7-17(16)26-3/h4-11H,12-13H2,1-3H3,(H,21,25). The van der Waals surface area contributed by atoms with Gasteiger partial charge in [-0.1, -0.05) is 17.3 Å². The van der Waals surface area contributed by atoms with Gasteiger partial charge in [0.2, 0.25) is 17.6 Å². The average Bonchev–Trinajstić information content (AvgIpc) is 3.15. The Morgan fingerprint density at radius 3 is 2.59 bits per heavy atom. The average molecular weight is 366 g/mol. The molecule has 0 spiro atoms. The molecule has 0 unspecified atom stereocenters. The zero-order valence-electron chi connectivity index (χ0n) is 15.6. The summed E-state index contributed by atoms with van der Waals surface area (Å²) in [7, 11) is 5.53. The Kier molecular flexibility index (Phi) is 5.71. The molecule has 1 amide bonds. The highest BCUT2D eigenvalue weighted by molar-refractivity contribution is 5.90. The molecule has 0 radical (unpaired) electrons. The third kappa shape index (κ3) is 4.63. The lowest BCUT2D eigenvalue weighted by molar-refractivity contribution is -0.116. The fourth-order valence-electron chi connectivity index (χ4n) is 2.58. The Labute approximate surface area is 158 Å². The van der Waals surface area contributed by atoms with Crippen LogP contribution in [0.25, 0.3) is 11.4 Å². The molecule has 27 heavy (non-hydrogen) atoms. The van der Waals surface area contributed by atoms with Crippen molar-refractivity contribution < 1.29 is 14.1 Å². The van der Waals surface area contributed by atoms with Crippen LogP contribution in [0.1, 0.15) is 12.3 Å². The zero-order chi connectivity index (χ0) is 19.2. The quantitative estimate of drug-likeness (QED) is 0.690. The van der Waals surface area contributed by atoms with Gasteiger partial charge >= 0.3 is 0 Å². The normalized spacial score (nSPS) is 10.5. The summed E-state index contributed by atoms with van der Waals surface area (Å²) in [4.78, 5) is 18.5. The number of rotatable bonds is 7. The van der Waals surface area contributed by atoms with E-state index in [1.54, 1.807) is 7.11 Å². The summed E-state index contributed by atoms with van der Waals surface area (Å²) in [6, 6.07) is 15.1. The molecule has 2 aromatic carbocycles. The second-order valence-corrected chi connectivity index (χ2v) is 6.20. The molecule has 1 heterocycles. The molecule has 0 saturated carbocycles. The van der Waals surface area contributed by atoms with E-state index in [1.807, 2.05) is 67.5 Å². The molecule has 3 rings (SSSR count). The molecule has 0 fully saturated rings. The van der Waals surface area contributed by atoms with E-state index in [-0.39, 0.29) is 12.3 Å². The fraction of sp³-hybridized carbons (Fsp3) is 0.250. The van der Waals surface area contributed by atoms with Gasteiger partial charge in [-0.2, -0.15) is 4.98 Å². The van der Waals surface area contributed by atoms with Crippen LogP contribution in [0.4, 0.5) is 11.4 Å². The highest BCUT2D eigenvalue weighted by Crippen LogP contribution is 2.27. The Bertz CT molecular complexity index is 904. The van der Waals surface area contributed by atoms with Crippen LogP contribution in [0.2, 0.25) is 0 Å². The van der Waals surface area contributed by atoms with Gasteiger partial charge in [0.15, 0.2) is 0 Å². The monoisotopic (exact) mass is 366 g/mol. The molecule has 1 aromatic heterocycles. The number of nitrogens with one attached hydrogen (secondary N) is 1. The van der Waals surface area contributed by atoms with Crippen LogP contribution >= 0.6 is 0 Å². The Hall–Kier alpha value is -3.35. The van der Waals surface area contributed by atoms with Gasteiger partial charge in [0.25, 0.3) is 0 Å². The number of aryl methyl sites for hydroxylation is 1. The van der Waals surface area contributed by atoms with Gasteiger partial charge in [0, 0.05) is 38.3 Å². The van der Waals surface area contributed by atoms with E-state index < -0.39 is 0 Å². The molecule has 7 nitrogen and oxygen atoms in total. The van der Waals surface area contributed by atoms with Crippen molar-refractivity contribution in [2.75, 3.05) is 31.4 Å². The van der Waals surface area contributed by atoms with Crippen LogP contribution in [0, 0.1) is 0 Å². The van der Waals surface area contributed by atoms with Gasteiger partial charge in [-0.15, -0.1) is 0 Å². The van der Waals surface area contributed by atoms with Crippen LogP contribution in [0.5, 0.6) is 5.75 Å². The number of amides is 1. The summed E-state index contributed by atoms with van der Waals surface area (Å²) < 4.78 is 10.6. The van der Waals surface area contributed by atoms with E-state index in [0.717, 1.165) is 16.9 Å². The van der Waals surface area contributed by atoms with Crippen LogP contribution in [0.3, 0.4) is 0 Å². The maximum atomic E-state index is 12.2. The van der Waals surface area contributed by atoms with E-state index in [9.17, 15) is 4.79 Å². The summed E-state index contributed by atoms with van der Waals surface area (Å²) in [5.74, 6) is 1.42. The van der Waals surface area contributed by atoms with Gasteiger partial charge in [-0.05, 0) is 36.4 Å². The molecule has 3 aromatic rings. The Morgan fingerprint density at radius 2 is 1.89 bits per heavy atom. The van der Waals surface area contributed by atoms with E-state index in [2.05, 4.69) is 15.5 Å². The number of aromatic nitrogens is 2. The number of ether oxygens (including phenoxy) is 1. The number of anilines is 2. The van der Waals surface area contributed by atoms with Crippen LogP contribution in [-0.4, -0.2) is 37.3 Å². The second kappa shape index (κ2) is 8.35. The first-order valence-electron chi connectivity index (χ1n) is 8.60. The lowest BCUT2D eigenvalue weighted by Gasteiger charge is -2.12. The number of carbonyl (C=O) groups is 1. The van der Waals surface area contributed by atoms with Crippen molar-refractivity contribution in [2.24, 2.45) is 0 Å². The molecular formula is C20H22N4O3. The highest BCUT2D eigenvalue weighted by Gasteiger charge is 2.14. The van der Waals surface area contributed by atoms with Gasteiger partial charge in [-0.25, -0.2) is 0 Å². The zero-order valence-corrected chi connectivity index (χ0v) is 15.6. The van der Waals surface area contributed by atoms with Crippen molar-refractivity contribution >= 4 is 17.3 Å². The van der Waals surface area contributed by atoms with Crippen molar-refractivity contribution in [3.8, 4) is 17.1 Å². The molecule has 0 bridgehead atoms. The summed E-state index contributed by atoms with van der Waals surface area (Å²) in [5.41, 5.74) is 2.58. The van der Waals surface area contributed by atoms with E-state index >= 15 is 0 Å². The fourth-order valence-corrected chi connectivity index (χ4v) is 2.58. The van der Waals surface area contributed by atoms with Gasteiger partial charge < -0.3 is 19.5 Å². The summed E-state index contributed by atoms with van der Waals surface area (Å²) in [6.45, 7) is 0. The number of carbonyl (C=O) groups excluding carboxylic acids is 1. The molecule has 7 heteroatoms. The predicted octanol–water partition coefficient (Wildman–Crippen LogP) is 3.38. The summed E-state index contributed by atoms with van der Waals surface area (Å²) in [6.07, 6.45) is 0.618. The number of hydrogen-bond donors (Lipinski definition) is 1. The van der Waals surface area contributed by atoms with E-state index in [1.165, 1.54) is 0 Å². The smallest absolute Gasteiger partial charge is 0.227 e. The first-order chi connectivity index (χ1) is 13.1. The highest BCUT2D eigenvalue weighted by atomic mass is 16.5. The molecule has 0 aliphatic rings. The Balaban J connectivity index is 1.57. The largest absolute Gasteiger partial charge is 0.496 e. The minimum atomic E-state index is -0.107. The number of para-hydroxylation sites is 1. The minimum absolute atomic E-state index is 0.107. The van der Waals surface area contributed by atoms with Gasteiger partial charge in [0.05, 0.1) is 12.7 Å². The topological polar surface area (TPSA) is 80.5 Å². The van der Waals surface area contributed by atoms with Crippen molar-refractivity contribution in [1.82, 2.24) is 10.1 Å². The Morgan fingerprint density at radius 1 is 1.15 bits per heavy atom. The lowest BCUT2D eigenvalue weighted by atomic mass is 10.2.